The lowest BCUT2D eigenvalue weighted by Crippen LogP contribution is -2.52. The molecular formula is C16H30N4O. The molecule has 3 aliphatic heterocycles. The highest BCUT2D eigenvalue weighted by Crippen LogP contribution is 2.20. The molecule has 0 aromatic rings. The maximum atomic E-state index is 12.7. The van der Waals surface area contributed by atoms with Crippen molar-refractivity contribution >= 4 is 5.91 Å². The van der Waals surface area contributed by atoms with Crippen molar-refractivity contribution in [3.8, 4) is 0 Å². The Labute approximate surface area is 128 Å². The van der Waals surface area contributed by atoms with Gasteiger partial charge in [-0.25, -0.2) is 0 Å². The Morgan fingerprint density at radius 3 is 2.48 bits per heavy atom. The SMILES string of the molecule is O=C(C1CCCN1CCCN1CCCC1)N1CCNCC1. The molecule has 0 spiro atoms. The molecule has 3 aliphatic rings. The van der Waals surface area contributed by atoms with Crippen LogP contribution in [-0.4, -0.2) is 85.6 Å². The second-order valence-corrected chi connectivity index (χ2v) is 6.67. The molecule has 21 heavy (non-hydrogen) atoms. The van der Waals surface area contributed by atoms with Crippen molar-refractivity contribution in [3.63, 3.8) is 0 Å². The molecule has 120 valence electrons. The van der Waals surface area contributed by atoms with E-state index in [1.165, 1.54) is 45.3 Å². The van der Waals surface area contributed by atoms with Crippen LogP contribution >= 0.6 is 0 Å². The third kappa shape index (κ3) is 3.96. The molecule has 3 saturated heterocycles. The fourth-order valence-electron chi connectivity index (χ4n) is 3.97. The molecule has 3 fully saturated rings. The van der Waals surface area contributed by atoms with Crippen molar-refractivity contribution in [3.05, 3.63) is 0 Å². The van der Waals surface area contributed by atoms with Gasteiger partial charge in [0.1, 0.15) is 0 Å². The predicted octanol–water partition coefficient (Wildman–Crippen LogP) is 0.369. The zero-order valence-electron chi connectivity index (χ0n) is 13.2. The average molecular weight is 294 g/mol. The van der Waals surface area contributed by atoms with E-state index in [0.717, 1.165) is 45.7 Å². The van der Waals surface area contributed by atoms with Gasteiger partial charge in [-0.1, -0.05) is 0 Å². The lowest BCUT2D eigenvalue weighted by atomic mass is 10.1. The van der Waals surface area contributed by atoms with Crippen LogP contribution in [0.25, 0.3) is 0 Å². The van der Waals surface area contributed by atoms with Gasteiger partial charge in [0.05, 0.1) is 6.04 Å². The fourth-order valence-corrected chi connectivity index (χ4v) is 3.97. The molecule has 0 aliphatic carbocycles. The van der Waals surface area contributed by atoms with Gasteiger partial charge in [-0.05, 0) is 58.3 Å². The number of hydrogen-bond donors (Lipinski definition) is 1. The van der Waals surface area contributed by atoms with Crippen molar-refractivity contribution in [1.29, 1.82) is 0 Å². The number of carbonyl (C=O) groups is 1. The van der Waals surface area contributed by atoms with Crippen molar-refractivity contribution in [2.75, 3.05) is 58.9 Å². The molecule has 1 atom stereocenters. The van der Waals surface area contributed by atoms with Crippen LogP contribution < -0.4 is 5.32 Å². The number of amides is 1. The smallest absolute Gasteiger partial charge is 0.240 e. The Hall–Kier alpha value is -0.650. The van der Waals surface area contributed by atoms with Crippen molar-refractivity contribution in [2.45, 2.75) is 38.1 Å². The quantitative estimate of drug-likeness (QED) is 0.795. The van der Waals surface area contributed by atoms with Gasteiger partial charge >= 0.3 is 0 Å². The first-order chi connectivity index (χ1) is 10.3. The van der Waals surface area contributed by atoms with Crippen LogP contribution in [0.1, 0.15) is 32.1 Å². The van der Waals surface area contributed by atoms with Gasteiger partial charge in [0.2, 0.25) is 5.91 Å². The minimum atomic E-state index is 0.168. The number of piperazine rings is 1. The van der Waals surface area contributed by atoms with Gasteiger partial charge in [0, 0.05) is 32.7 Å². The summed E-state index contributed by atoms with van der Waals surface area (Å²) >= 11 is 0. The van der Waals surface area contributed by atoms with Gasteiger partial charge in [-0.2, -0.15) is 0 Å². The molecule has 0 aromatic carbocycles. The zero-order valence-corrected chi connectivity index (χ0v) is 13.2. The van der Waals surface area contributed by atoms with E-state index in [2.05, 4.69) is 20.0 Å². The summed E-state index contributed by atoms with van der Waals surface area (Å²) in [6, 6.07) is 0.168. The van der Waals surface area contributed by atoms with Crippen LogP contribution in [-0.2, 0) is 4.79 Å². The lowest BCUT2D eigenvalue weighted by Gasteiger charge is -2.33. The van der Waals surface area contributed by atoms with Crippen LogP contribution in [0.2, 0.25) is 0 Å². The Morgan fingerprint density at radius 2 is 1.71 bits per heavy atom. The van der Waals surface area contributed by atoms with Gasteiger partial charge in [-0.15, -0.1) is 0 Å². The van der Waals surface area contributed by atoms with E-state index in [-0.39, 0.29) is 6.04 Å². The first-order valence-electron chi connectivity index (χ1n) is 8.80. The van der Waals surface area contributed by atoms with Gasteiger partial charge in [-0.3, -0.25) is 9.69 Å². The monoisotopic (exact) mass is 294 g/mol. The molecule has 5 heteroatoms. The van der Waals surface area contributed by atoms with E-state index >= 15 is 0 Å². The van der Waals surface area contributed by atoms with Crippen LogP contribution in [0.15, 0.2) is 0 Å². The van der Waals surface area contributed by atoms with E-state index in [0.29, 0.717) is 5.91 Å². The van der Waals surface area contributed by atoms with Crippen molar-refractivity contribution in [1.82, 2.24) is 20.0 Å². The van der Waals surface area contributed by atoms with Crippen molar-refractivity contribution < 1.29 is 4.79 Å². The number of nitrogens with one attached hydrogen (secondary N) is 1. The third-order valence-electron chi connectivity index (χ3n) is 5.20. The number of likely N-dealkylation sites (tertiary alicyclic amines) is 2. The summed E-state index contributed by atoms with van der Waals surface area (Å²) in [5, 5.41) is 3.32. The molecule has 0 aromatic heterocycles. The molecule has 0 bridgehead atoms. The van der Waals surface area contributed by atoms with E-state index in [4.69, 9.17) is 0 Å². The molecule has 0 radical (unpaired) electrons. The Kier molecular flexibility index (Phi) is 5.49. The Morgan fingerprint density at radius 1 is 0.952 bits per heavy atom. The number of hydrogen-bond acceptors (Lipinski definition) is 4. The summed E-state index contributed by atoms with van der Waals surface area (Å²) in [6.45, 7) is 9.66. The van der Waals surface area contributed by atoms with Gasteiger partial charge in [0.25, 0.3) is 0 Å². The number of rotatable bonds is 5. The molecule has 5 nitrogen and oxygen atoms in total. The number of carbonyl (C=O) groups excluding carboxylic acids is 1. The molecule has 1 unspecified atom stereocenters. The second-order valence-electron chi connectivity index (χ2n) is 6.67. The predicted molar refractivity (Wildman–Crippen MR) is 84.3 cm³/mol. The highest BCUT2D eigenvalue weighted by Gasteiger charge is 2.33. The van der Waals surface area contributed by atoms with Crippen LogP contribution in [0.4, 0.5) is 0 Å². The van der Waals surface area contributed by atoms with E-state index in [1.54, 1.807) is 0 Å². The maximum absolute atomic E-state index is 12.7. The molecule has 3 rings (SSSR count). The van der Waals surface area contributed by atoms with Crippen LogP contribution in [0.3, 0.4) is 0 Å². The molecule has 0 saturated carbocycles. The number of nitrogens with zero attached hydrogens (tertiary/aromatic N) is 3. The fraction of sp³-hybridized carbons (Fsp3) is 0.938. The standard InChI is InChI=1S/C16H30N4O/c21-16(20-13-6-17-7-14-20)15-5-3-11-19(15)12-4-10-18-8-1-2-9-18/h15,17H,1-14H2. The van der Waals surface area contributed by atoms with E-state index < -0.39 is 0 Å². The van der Waals surface area contributed by atoms with Crippen LogP contribution in [0.5, 0.6) is 0 Å². The van der Waals surface area contributed by atoms with E-state index in [9.17, 15) is 4.79 Å². The van der Waals surface area contributed by atoms with Gasteiger partial charge < -0.3 is 15.1 Å². The summed E-state index contributed by atoms with van der Waals surface area (Å²) in [5.41, 5.74) is 0. The first kappa shape index (κ1) is 15.3. The molecule has 3 heterocycles. The average Bonchev–Trinajstić information content (AvgIpc) is 3.19. The Bertz CT molecular complexity index is 337. The molecule has 1 amide bonds. The summed E-state index contributed by atoms with van der Waals surface area (Å²) in [7, 11) is 0. The van der Waals surface area contributed by atoms with E-state index in [1.807, 2.05) is 0 Å². The minimum absolute atomic E-state index is 0.168. The highest BCUT2D eigenvalue weighted by molar-refractivity contribution is 5.82. The second kappa shape index (κ2) is 7.56. The largest absolute Gasteiger partial charge is 0.339 e. The minimum Gasteiger partial charge on any atom is -0.339 e. The zero-order chi connectivity index (χ0) is 14.5. The molecule has 1 N–H and O–H groups in total. The van der Waals surface area contributed by atoms with Gasteiger partial charge in [0.15, 0.2) is 0 Å². The van der Waals surface area contributed by atoms with Crippen LogP contribution in [0, 0.1) is 0 Å². The Balaban J connectivity index is 1.44. The summed E-state index contributed by atoms with van der Waals surface area (Å²) < 4.78 is 0. The summed E-state index contributed by atoms with van der Waals surface area (Å²) in [6.07, 6.45) is 6.20. The highest BCUT2D eigenvalue weighted by atomic mass is 16.2. The van der Waals surface area contributed by atoms with Crippen molar-refractivity contribution in [2.24, 2.45) is 0 Å². The lowest BCUT2D eigenvalue weighted by molar-refractivity contribution is -0.136. The third-order valence-corrected chi connectivity index (χ3v) is 5.20. The normalized spacial score (nSPS) is 28.4. The topological polar surface area (TPSA) is 38.8 Å². The first-order valence-corrected chi connectivity index (χ1v) is 8.80. The molecular weight excluding hydrogens is 264 g/mol. The summed E-state index contributed by atoms with van der Waals surface area (Å²) in [5.74, 6) is 0.384. The summed E-state index contributed by atoms with van der Waals surface area (Å²) in [4.78, 5) is 19.8. The maximum Gasteiger partial charge on any atom is 0.240 e.